The van der Waals surface area contributed by atoms with Crippen molar-refractivity contribution in [2.75, 3.05) is 0 Å². The first-order valence-corrected chi connectivity index (χ1v) is 8.46. The van der Waals surface area contributed by atoms with E-state index >= 15 is 0 Å². The molecule has 0 bridgehead atoms. The lowest BCUT2D eigenvalue weighted by molar-refractivity contribution is 0.0940. The van der Waals surface area contributed by atoms with E-state index in [0.717, 1.165) is 12.0 Å². The largest absolute Gasteiger partial charge is 0.443 e. The summed E-state index contributed by atoms with van der Waals surface area (Å²) in [5, 5.41) is 3.08. The van der Waals surface area contributed by atoms with Crippen molar-refractivity contribution >= 4 is 17.0 Å². The van der Waals surface area contributed by atoms with E-state index in [1.807, 2.05) is 6.92 Å². The number of rotatable bonds is 3. The summed E-state index contributed by atoms with van der Waals surface area (Å²) >= 11 is 0. The number of aryl methyl sites for hydroxylation is 2. The highest BCUT2D eigenvalue weighted by Crippen LogP contribution is 2.25. The van der Waals surface area contributed by atoms with Gasteiger partial charge in [-0.1, -0.05) is 18.2 Å². The van der Waals surface area contributed by atoms with Crippen LogP contribution in [0.4, 0.5) is 0 Å². The van der Waals surface area contributed by atoms with Crippen molar-refractivity contribution in [3.8, 4) is 0 Å². The van der Waals surface area contributed by atoms with Gasteiger partial charge in [-0.15, -0.1) is 0 Å². The van der Waals surface area contributed by atoms with Gasteiger partial charge in [-0.05, 0) is 67.5 Å². The normalized spacial score (nSPS) is 15.0. The van der Waals surface area contributed by atoms with E-state index in [2.05, 4.69) is 28.5 Å². The summed E-state index contributed by atoms with van der Waals surface area (Å²) in [6.07, 6.45) is 6.25. The quantitative estimate of drug-likeness (QED) is 0.787. The number of hydrogen-bond donors (Lipinski definition) is 1. The second-order valence-corrected chi connectivity index (χ2v) is 6.47. The van der Waals surface area contributed by atoms with Crippen molar-refractivity contribution in [3.63, 3.8) is 0 Å². The van der Waals surface area contributed by atoms with Gasteiger partial charge in [0.05, 0.1) is 6.04 Å². The second kappa shape index (κ2) is 6.11. The van der Waals surface area contributed by atoms with Gasteiger partial charge >= 0.3 is 0 Å². The molecule has 4 heteroatoms. The van der Waals surface area contributed by atoms with Crippen LogP contribution in [0.2, 0.25) is 0 Å². The molecule has 1 unspecified atom stereocenters. The molecule has 1 amide bonds. The van der Waals surface area contributed by atoms with Crippen molar-refractivity contribution in [1.82, 2.24) is 10.3 Å². The number of benzene rings is 2. The third-order valence-electron chi connectivity index (χ3n) is 4.81. The minimum absolute atomic E-state index is 0.0299. The SMILES string of the molecule is CC(NC(=O)c1ccc2ocnc2c1)c1ccc2c(c1)CCCC2. The van der Waals surface area contributed by atoms with Crippen LogP contribution >= 0.6 is 0 Å². The third-order valence-corrected chi connectivity index (χ3v) is 4.81. The van der Waals surface area contributed by atoms with E-state index in [9.17, 15) is 4.79 Å². The molecule has 122 valence electrons. The molecule has 24 heavy (non-hydrogen) atoms. The van der Waals surface area contributed by atoms with Crippen LogP contribution in [-0.2, 0) is 12.8 Å². The Morgan fingerprint density at radius 3 is 2.83 bits per heavy atom. The van der Waals surface area contributed by atoms with E-state index in [1.54, 1.807) is 18.2 Å². The highest BCUT2D eigenvalue weighted by atomic mass is 16.3. The molecule has 0 fully saturated rings. The molecule has 0 spiro atoms. The molecular weight excluding hydrogens is 300 g/mol. The maximum absolute atomic E-state index is 12.5. The van der Waals surface area contributed by atoms with Gasteiger partial charge in [0.15, 0.2) is 12.0 Å². The predicted octanol–water partition coefficient (Wildman–Crippen LogP) is 4.20. The number of hydrogen-bond acceptors (Lipinski definition) is 3. The van der Waals surface area contributed by atoms with Crippen LogP contribution in [0, 0.1) is 0 Å². The number of amides is 1. The van der Waals surface area contributed by atoms with E-state index in [1.165, 1.54) is 36.8 Å². The maximum atomic E-state index is 12.5. The Bertz CT molecular complexity index is 898. The maximum Gasteiger partial charge on any atom is 0.251 e. The molecule has 0 saturated carbocycles. The molecule has 2 aromatic carbocycles. The summed E-state index contributed by atoms with van der Waals surface area (Å²) in [7, 11) is 0. The van der Waals surface area contributed by atoms with Gasteiger partial charge in [0.25, 0.3) is 5.91 Å². The summed E-state index contributed by atoms with van der Waals surface area (Å²) in [4.78, 5) is 16.6. The topological polar surface area (TPSA) is 55.1 Å². The first kappa shape index (κ1) is 14.9. The Morgan fingerprint density at radius 1 is 1.12 bits per heavy atom. The second-order valence-electron chi connectivity index (χ2n) is 6.47. The van der Waals surface area contributed by atoms with E-state index in [-0.39, 0.29) is 11.9 Å². The van der Waals surface area contributed by atoms with Crippen molar-refractivity contribution in [2.24, 2.45) is 0 Å². The number of nitrogens with one attached hydrogen (secondary N) is 1. The lowest BCUT2D eigenvalue weighted by Crippen LogP contribution is -2.26. The summed E-state index contributed by atoms with van der Waals surface area (Å²) in [5.41, 5.74) is 6.04. The van der Waals surface area contributed by atoms with Crippen LogP contribution in [0.25, 0.3) is 11.1 Å². The standard InChI is InChI=1S/C20H20N2O2/c1-13(15-7-6-14-4-2-3-5-16(14)10-15)22-20(23)17-8-9-19-18(11-17)21-12-24-19/h6-13H,2-5H2,1H3,(H,22,23). The molecule has 1 atom stereocenters. The first-order valence-electron chi connectivity index (χ1n) is 8.46. The summed E-state index contributed by atoms with van der Waals surface area (Å²) in [5.74, 6) is -0.0925. The zero-order chi connectivity index (χ0) is 16.5. The van der Waals surface area contributed by atoms with Crippen LogP contribution in [0.5, 0.6) is 0 Å². The average Bonchev–Trinajstić information content (AvgIpc) is 3.08. The zero-order valence-corrected chi connectivity index (χ0v) is 13.7. The van der Waals surface area contributed by atoms with Gasteiger partial charge < -0.3 is 9.73 Å². The lowest BCUT2D eigenvalue weighted by Gasteiger charge is -2.20. The van der Waals surface area contributed by atoms with E-state index < -0.39 is 0 Å². The number of nitrogens with zero attached hydrogens (tertiary/aromatic N) is 1. The molecule has 1 aromatic heterocycles. The van der Waals surface area contributed by atoms with Crippen LogP contribution in [-0.4, -0.2) is 10.9 Å². The zero-order valence-electron chi connectivity index (χ0n) is 13.7. The fraction of sp³-hybridized carbons (Fsp3) is 0.300. The Balaban J connectivity index is 1.52. The Kier molecular flexibility index (Phi) is 3.81. The average molecular weight is 320 g/mol. The summed E-state index contributed by atoms with van der Waals surface area (Å²) < 4.78 is 5.21. The Labute approximate surface area is 140 Å². The van der Waals surface area contributed by atoms with Crippen molar-refractivity contribution < 1.29 is 9.21 Å². The molecule has 1 aliphatic carbocycles. The highest BCUT2D eigenvalue weighted by Gasteiger charge is 2.15. The predicted molar refractivity (Wildman–Crippen MR) is 93.0 cm³/mol. The highest BCUT2D eigenvalue weighted by molar-refractivity contribution is 5.97. The van der Waals surface area contributed by atoms with Crippen LogP contribution < -0.4 is 5.32 Å². The summed E-state index contributed by atoms with van der Waals surface area (Å²) in [6.45, 7) is 2.02. The first-order chi connectivity index (χ1) is 11.7. The summed E-state index contributed by atoms with van der Waals surface area (Å²) in [6, 6.07) is 11.9. The van der Waals surface area contributed by atoms with Gasteiger partial charge in [0.2, 0.25) is 0 Å². The minimum Gasteiger partial charge on any atom is -0.443 e. The number of fused-ring (bicyclic) bond motifs is 2. The number of aromatic nitrogens is 1. The fourth-order valence-electron chi connectivity index (χ4n) is 3.39. The van der Waals surface area contributed by atoms with Crippen LogP contribution in [0.3, 0.4) is 0 Å². The smallest absolute Gasteiger partial charge is 0.251 e. The number of carbonyl (C=O) groups excluding carboxylic acids is 1. The molecule has 1 aliphatic rings. The third kappa shape index (κ3) is 2.80. The Hall–Kier alpha value is -2.62. The molecule has 0 aliphatic heterocycles. The molecule has 0 saturated heterocycles. The van der Waals surface area contributed by atoms with Gasteiger partial charge in [0, 0.05) is 5.56 Å². The molecule has 4 rings (SSSR count). The fourth-order valence-corrected chi connectivity index (χ4v) is 3.39. The molecule has 1 heterocycles. The molecule has 4 nitrogen and oxygen atoms in total. The van der Waals surface area contributed by atoms with Gasteiger partial charge in [-0.2, -0.15) is 0 Å². The molecule has 3 aromatic rings. The van der Waals surface area contributed by atoms with Crippen molar-refractivity contribution in [2.45, 2.75) is 38.6 Å². The number of oxazole rings is 1. The van der Waals surface area contributed by atoms with Crippen LogP contribution in [0.15, 0.2) is 47.2 Å². The minimum atomic E-state index is -0.0925. The molecule has 0 radical (unpaired) electrons. The van der Waals surface area contributed by atoms with Crippen molar-refractivity contribution in [1.29, 1.82) is 0 Å². The number of carbonyl (C=O) groups is 1. The molecular formula is C20H20N2O2. The van der Waals surface area contributed by atoms with E-state index in [4.69, 9.17) is 4.42 Å². The monoisotopic (exact) mass is 320 g/mol. The van der Waals surface area contributed by atoms with Crippen molar-refractivity contribution in [3.05, 3.63) is 65.0 Å². The van der Waals surface area contributed by atoms with Crippen LogP contribution in [0.1, 0.15) is 52.9 Å². The van der Waals surface area contributed by atoms with Gasteiger partial charge in [0.1, 0.15) is 5.52 Å². The van der Waals surface area contributed by atoms with Gasteiger partial charge in [-0.3, -0.25) is 4.79 Å². The lowest BCUT2D eigenvalue weighted by atomic mass is 9.89. The Morgan fingerprint density at radius 2 is 1.96 bits per heavy atom. The van der Waals surface area contributed by atoms with E-state index in [0.29, 0.717) is 16.7 Å². The molecule has 1 N–H and O–H groups in total. The van der Waals surface area contributed by atoms with Gasteiger partial charge in [-0.25, -0.2) is 4.98 Å².